The van der Waals surface area contributed by atoms with Crippen LogP contribution in [-0.2, 0) is 6.54 Å². The van der Waals surface area contributed by atoms with Crippen molar-refractivity contribution in [3.63, 3.8) is 0 Å². The molecule has 6 heteroatoms. The van der Waals surface area contributed by atoms with Crippen LogP contribution in [0.5, 0.6) is 0 Å². The van der Waals surface area contributed by atoms with Gasteiger partial charge in [-0.15, -0.1) is 5.10 Å². The SMILES string of the molecule is CCCN(Cc1ccccc1)C(=O)c1nc2nc(C)cc(C)n2n1. The minimum atomic E-state index is -0.164. The van der Waals surface area contributed by atoms with E-state index < -0.39 is 0 Å². The van der Waals surface area contributed by atoms with Crippen LogP contribution in [0.1, 0.15) is 40.9 Å². The Balaban J connectivity index is 1.91. The lowest BCUT2D eigenvalue weighted by Crippen LogP contribution is -2.32. The molecule has 0 bridgehead atoms. The zero-order valence-electron chi connectivity index (χ0n) is 14.2. The van der Waals surface area contributed by atoms with E-state index in [4.69, 9.17) is 0 Å². The Morgan fingerprint density at radius 1 is 1.17 bits per heavy atom. The highest BCUT2D eigenvalue weighted by Crippen LogP contribution is 2.11. The molecule has 0 radical (unpaired) electrons. The topological polar surface area (TPSA) is 63.4 Å². The highest BCUT2D eigenvalue weighted by molar-refractivity contribution is 5.90. The molecule has 2 aromatic heterocycles. The van der Waals surface area contributed by atoms with Crippen LogP contribution in [0.4, 0.5) is 0 Å². The van der Waals surface area contributed by atoms with Crippen LogP contribution in [0.25, 0.3) is 5.78 Å². The number of rotatable bonds is 5. The predicted molar refractivity (Wildman–Crippen MR) is 91.7 cm³/mol. The first-order valence-electron chi connectivity index (χ1n) is 8.12. The number of amides is 1. The fourth-order valence-electron chi connectivity index (χ4n) is 2.72. The largest absolute Gasteiger partial charge is 0.332 e. The number of fused-ring (bicyclic) bond motifs is 1. The van der Waals surface area contributed by atoms with Gasteiger partial charge >= 0.3 is 0 Å². The van der Waals surface area contributed by atoms with Gasteiger partial charge in [0.25, 0.3) is 11.7 Å². The maximum atomic E-state index is 12.9. The van der Waals surface area contributed by atoms with Gasteiger partial charge in [0.1, 0.15) is 0 Å². The highest BCUT2D eigenvalue weighted by Gasteiger charge is 2.21. The fraction of sp³-hybridized carbons (Fsp3) is 0.333. The summed E-state index contributed by atoms with van der Waals surface area (Å²) in [4.78, 5) is 23.3. The first-order chi connectivity index (χ1) is 11.6. The Hall–Kier alpha value is -2.76. The van der Waals surface area contributed by atoms with E-state index in [0.717, 1.165) is 23.4 Å². The third-order valence-electron chi connectivity index (χ3n) is 3.81. The summed E-state index contributed by atoms with van der Waals surface area (Å²) in [7, 11) is 0. The molecule has 0 atom stereocenters. The van der Waals surface area contributed by atoms with E-state index in [1.54, 1.807) is 9.42 Å². The third kappa shape index (κ3) is 3.27. The van der Waals surface area contributed by atoms with Crippen molar-refractivity contribution in [1.29, 1.82) is 0 Å². The van der Waals surface area contributed by atoms with Crippen molar-refractivity contribution in [3.05, 3.63) is 59.2 Å². The molecule has 1 amide bonds. The van der Waals surface area contributed by atoms with Gasteiger partial charge in [-0.05, 0) is 31.9 Å². The van der Waals surface area contributed by atoms with Crippen molar-refractivity contribution < 1.29 is 4.79 Å². The van der Waals surface area contributed by atoms with Gasteiger partial charge in [-0.2, -0.15) is 4.98 Å². The van der Waals surface area contributed by atoms with Crippen LogP contribution in [0, 0.1) is 13.8 Å². The van der Waals surface area contributed by atoms with Crippen LogP contribution in [0.15, 0.2) is 36.4 Å². The van der Waals surface area contributed by atoms with Gasteiger partial charge in [0, 0.05) is 24.5 Å². The molecule has 124 valence electrons. The van der Waals surface area contributed by atoms with Gasteiger partial charge in [0.2, 0.25) is 5.82 Å². The summed E-state index contributed by atoms with van der Waals surface area (Å²) in [5.74, 6) is 0.496. The smallest absolute Gasteiger partial charge is 0.293 e. The second-order valence-electron chi connectivity index (χ2n) is 5.90. The number of aryl methyl sites for hydroxylation is 2. The van der Waals surface area contributed by atoms with Crippen LogP contribution >= 0.6 is 0 Å². The molecule has 0 fully saturated rings. The van der Waals surface area contributed by atoms with E-state index in [1.807, 2.05) is 50.2 Å². The lowest BCUT2D eigenvalue weighted by Gasteiger charge is -2.20. The summed E-state index contributed by atoms with van der Waals surface area (Å²) in [6.45, 7) is 7.10. The van der Waals surface area contributed by atoms with E-state index in [-0.39, 0.29) is 11.7 Å². The van der Waals surface area contributed by atoms with Gasteiger partial charge in [0.05, 0.1) is 0 Å². The quantitative estimate of drug-likeness (QED) is 0.724. The molecule has 0 unspecified atom stereocenters. The van der Waals surface area contributed by atoms with Crippen LogP contribution < -0.4 is 0 Å². The normalized spacial score (nSPS) is 11.0. The standard InChI is InChI=1S/C18H21N5O/c1-4-10-22(12-15-8-6-5-7-9-15)17(24)16-20-18-19-13(2)11-14(3)23(18)21-16/h5-9,11H,4,10,12H2,1-3H3. The van der Waals surface area contributed by atoms with Crippen molar-refractivity contribution in [1.82, 2.24) is 24.5 Å². The first-order valence-corrected chi connectivity index (χ1v) is 8.12. The number of hydrogen-bond donors (Lipinski definition) is 0. The van der Waals surface area contributed by atoms with Gasteiger partial charge in [0.15, 0.2) is 0 Å². The molecule has 3 rings (SSSR count). The summed E-state index contributed by atoms with van der Waals surface area (Å²) in [6.07, 6.45) is 0.877. The number of benzene rings is 1. The van der Waals surface area contributed by atoms with E-state index in [9.17, 15) is 4.79 Å². The first kappa shape index (κ1) is 16.1. The molecule has 0 spiro atoms. The van der Waals surface area contributed by atoms with Gasteiger partial charge in [-0.25, -0.2) is 9.50 Å². The van der Waals surface area contributed by atoms with E-state index >= 15 is 0 Å². The maximum absolute atomic E-state index is 12.9. The Labute approximate surface area is 141 Å². The molecule has 6 nitrogen and oxygen atoms in total. The lowest BCUT2D eigenvalue weighted by atomic mass is 10.2. The van der Waals surface area contributed by atoms with E-state index in [2.05, 4.69) is 22.0 Å². The second kappa shape index (κ2) is 6.78. The summed E-state index contributed by atoms with van der Waals surface area (Å²) in [6, 6.07) is 11.9. The zero-order valence-corrected chi connectivity index (χ0v) is 14.2. The van der Waals surface area contributed by atoms with Crippen LogP contribution in [0.2, 0.25) is 0 Å². The van der Waals surface area contributed by atoms with Crippen molar-refractivity contribution >= 4 is 11.7 Å². The lowest BCUT2D eigenvalue weighted by molar-refractivity contribution is 0.0731. The Bertz CT molecular complexity index is 856. The van der Waals surface area contributed by atoms with Crippen molar-refractivity contribution in [2.75, 3.05) is 6.54 Å². The summed E-state index contributed by atoms with van der Waals surface area (Å²) in [5.41, 5.74) is 2.86. The molecule has 2 heterocycles. The van der Waals surface area contributed by atoms with Crippen molar-refractivity contribution in [3.8, 4) is 0 Å². The number of aromatic nitrogens is 4. The molecule has 0 aliphatic rings. The monoisotopic (exact) mass is 323 g/mol. The predicted octanol–water partition coefficient (Wildman–Crippen LogP) is 2.79. The van der Waals surface area contributed by atoms with Gasteiger partial charge in [-0.1, -0.05) is 37.3 Å². The number of carbonyl (C=O) groups is 1. The second-order valence-corrected chi connectivity index (χ2v) is 5.90. The molecule has 0 saturated carbocycles. The molecular weight excluding hydrogens is 302 g/mol. The molecule has 0 aliphatic carbocycles. The molecule has 0 aliphatic heterocycles. The Morgan fingerprint density at radius 2 is 1.92 bits per heavy atom. The average Bonchev–Trinajstić information content (AvgIpc) is 2.99. The summed E-state index contributed by atoms with van der Waals surface area (Å²) < 4.78 is 1.62. The summed E-state index contributed by atoms with van der Waals surface area (Å²) in [5, 5.41) is 4.35. The van der Waals surface area contributed by atoms with Crippen LogP contribution in [-0.4, -0.2) is 36.9 Å². The third-order valence-corrected chi connectivity index (χ3v) is 3.81. The van der Waals surface area contributed by atoms with Crippen LogP contribution in [0.3, 0.4) is 0 Å². The minimum Gasteiger partial charge on any atom is -0.332 e. The molecule has 1 aromatic carbocycles. The highest BCUT2D eigenvalue weighted by atomic mass is 16.2. The van der Waals surface area contributed by atoms with E-state index in [1.165, 1.54) is 0 Å². The van der Waals surface area contributed by atoms with Gasteiger partial charge in [-0.3, -0.25) is 4.79 Å². The van der Waals surface area contributed by atoms with Crippen molar-refractivity contribution in [2.24, 2.45) is 0 Å². The number of carbonyl (C=O) groups excluding carboxylic acids is 1. The minimum absolute atomic E-state index is 0.164. The number of nitrogens with zero attached hydrogens (tertiary/aromatic N) is 5. The van der Waals surface area contributed by atoms with E-state index in [0.29, 0.717) is 18.9 Å². The molecule has 24 heavy (non-hydrogen) atoms. The molecule has 3 aromatic rings. The average molecular weight is 323 g/mol. The Morgan fingerprint density at radius 3 is 2.62 bits per heavy atom. The summed E-state index contributed by atoms with van der Waals surface area (Å²) >= 11 is 0. The zero-order chi connectivity index (χ0) is 17.1. The number of hydrogen-bond acceptors (Lipinski definition) is 4. The molecule has 0 N–H and O–H groups in total. The Kier molecular flexibility index (Phi) is 4.55. The van der Waals surface area contributed by atoms with Gasteiger partial charge < -0.3 is 4.90 Å². The van der Waals surface area contributed by atoms with Crippen molar-refractivity contribution in [2.45, 2.75) is 33.7 Å². The maximum Gasteiger partial charge on any atom is 0.293 e. The molecule has 0 saturated heterocycles. The fourth-order valence-corrected chi connectivity index (χ4v) is 2.72. The molecular formula is C18H21N5O.